The van der Waals surface area contributed by atoms with Crippen LogP contribution in [0.25, 0.3) is 0 Å². The van der Waals surface area contributed by atoms with Crippen LogP contribution < -0.4 is 0 Å². The van der Waals surface area contributed by atoms with Crippen molar-refractivity contribution in [1.29, 1.82) is 0 Å². The van der Waals surface area contributed by atoms with Crippen molar-refractivity contribution in [2.24, 2.45) is 0 Å². The van der Waals surface area contributed by atoms with Crippen molar-refractivity contribution in [1.82, 2.24) is 4.90 Å². The third-order valence-corrected chi connectivity index (χ3v) is 5.15. The molecule has 2 aliphatic heterocycles. The summed E-state index contributed by atoms with van der Waals surface area (Å²) < 4.78 is 29.3. The van der Waals surface area contributed by atoms with Crippen LogP contribution in [0, 0.1) is 0 Å². The molecule has 0 aliphatic carbocycles. The first-order valence-corrected chi connectivity index (χ1v) is 6.64. The normalized spacial score (nSPS) is 29.2. The first-order chi connectivity index (χ1) is 7.30. The molecule has 2 aliphatic rings. The van der Waals surface area contributed by atoms with E-state index in [4.69, 9.17) is 9.66 Å². The van der Waals surface area contributed by atoms with Gasteiger partial charge in [-0.2, -0.15) is 8.42 Å². The van der Waals surface area contributed by atoms with E-state index in [2.05, 4.69) is 0 Å². The Morgan fingerprint density at radius 3 is 2.62 bits per heavy atom. The molecule has 88 valence electrons. The summed E-state index contributed by atoms with van der Waals surface area (Å²) in [5, 5.41) is 8.30. The monoisotopic (exact) mass is 265 g/mol. The van der Waals surface area contributed by atoms with E-state index >= 15 is 0 Å². The van der Waals surface area contributed by atoms with E-state index in [1.54, 1.807) is 0 Å². The zero-order valence-electron chi connectivity index (χ0n) is 7.73. The lowest BCUT2D eigenvalue weighted by atomic mass is 10.1. The topological polar surface area (TPSA) is 112 Å². The molecule has 2 heterocycles. The van der Waals surface area contributed by atoms with Gasteiger partial charge in [0.2, 0.25) is 5.91 Å². The number of aliphatic carboxylic acids is 1. The maximum absolute atomic E-state index is 11.1. The molecule has 9 heteroatoms. The summed E-state index contributed by atoms with van der Waals surface area (Å²) in [6.07, 6.45) is 0.956. The van der Waals surface area contributed by atoms with Crippen molar-refractivity contribution in [3.05, 3.63) is 11.8 Å². The third-order valence-electron chi connectivity index (χ3n) is 2.26. The van der Waals surface area contributed by atoms with Crippen molar-refractivity contribution < 1.29 is 27.7 Å². The van der Waals surface area contributed by atoms with Crippen LogP contribution in [0.3, 0.4) is 0 Å². The number of carboxylic acid groups (broad SMARTS) is 1. The summed E-state index contributed by atoms with van der Waals surface area (Å²) in [6, 6.07) is 0. The molecule has 1 fully saturated rings. The molecule has 0 aromatic rings. The Hall–Kier alpha value is -1.06. The molecule has 0 spiro atoms. The fraction of sp³-hybridized carbons (Fsp3) is 0.429. The summed E-state index contributed by atoms with van der Waals surface area (Å²) in [6.45, 7) is 0. The highest BCUT2D eigenvalue weighted by Gasteiger charge is 2.47. The molecule has 0 aromatic carbocycles. The first kappa shape index (κ1) is 11.4. The minimum atomic E-state index is -4.35. The third kappa shape index (κ3) is 1.70. The zero-order chi connectivity index (χ0) is 12.1. The standard InChI is InChI=1S/C7H7NO6S2/c9-4-2-5-8(4)3(7(10)11)1-6(15-5)16(12,13)14/h1,5-6H,2H2,(H,10,11)(H,12,13,14)/t5-,6?/m1/s1. The number of β-lactam (4-membered cyclic amide) rings is 1. The fourth-order valence-electron chi connectivity index (χ4n) is 1.52. The van der Waals surface area contributed by atoms with Gasteiger partial charge >= 0.3 is 5.97 Å². The molecule has 2 atom stereocenters. The van der Waals surface area contributed by atoms with Crippen molar-refractivity contribution in [3.8, 4) is 0 Å². The van der Waals surface area contributed by atoms with E-state index in [1.165, 1.54) is 0 Å². The summed E-state index contributed by atoms with van der Waals surface area (Å²) >= 11 is 0.841. The SMILES string of the molecule is O=C(O)C1=CC(S(=O)(=O)O)S[C@@H]2CC(=O)N12. The van der Waals surface area contributed by atoms with Gasteiger partial charge in [0.1, 0.15) is 5.70 Å². The van der Waals surface area contributed by atoms with E-state index in [9.17, 15) is 18.0 Å². The molecule has 1 saturated heterocycles. The first-order valence-electron chi connectivity index (χ1n) is 4.19. The number of carboxylic acids is 1. The molecular weight excluding hydrogens is 258 g/mol. The minimum Gasteiger partial charge on any atom is -0.477 e. The molecule has 1 amide bonds. The number of carbonyl (C=O) groups excluding carboxylic acids is 1. The lowest BCUT2D eigenvalue weighted by Gasteiger charge is -2.43. The summed E-state index contributed by atoms with van der Waals surface area (Å²) in [5.41, 5.74) is -0.386. The number of carbonyl (C=O) groups is 2. The van der Waals surface area contributed by atoms with E-state index < -0.39 is 26.0 Å². The average molecular weight is 265 g/mol. The number of amides is 1. The van der Waals surface area contributed by atoms with E-state index in [0.29, 0.717) is 0 Å². The van der Waals surface area contributed by atoms with Gasteiger partial charge < -0.3 is 5.11 Å². The van der Waals surface area contributed by atoms with Gasteiger partial charge in [-0.3, -0.25) is 14.2 Å². The molecule has 0 aromatic heterocycles. The van der Waals surface area contributed by atoms with E-state index in [1.807, 2.05) is 0 Å². The largest absolute Gasteiger partial charge is 0.477 e. The quantitative estimate of drug-likeness (QED) is 0.510. The second kappa shape index (κ2) is 3.47. The molecular formula is C7H7NO6S2. The Kier molecular flexibility index (Phi) is 2.48. The number of fused-ring (bicyclic) bond motifs is 1. The molecule has 2 rings (SSSR count). The van der Waals surface area contributed by atoms with Crippen molar-refractivity contribution in [2.45, 2.75) is 16.4 Å². The molecule has 0 bridgehead atoms. The minimum absolute atomic E-state index is 0.0846. The Bertz CT molecular complexity index is 495. The molecule has 1 unspecified atom stereocenters. The number of thioether (sulfide) groups is 1. The average Bonchev–Trinajstić information content (AvgIpc) is 2.12. The van der Waals surface area contributed by atoms with Crippen molar-refractivity contribution in [2.75, 3.05) is 0 Å². The molecule has 16 heavy (non-hydrogen) atoms. The smallest absolute Gasteiger partial charge is 0.352 e. The van der Waals surface area contributed by atoms with Gasteiger partial charge in [-0.15, -0.1) is 11.8 Å². The zero-order valence-corrected chi connectivity index (χ0v) is 9.36. The predicted octanol–water partition coefficient (Wildman–Crippen LogP) is -0.526. The highest BCUT2D eigenvalue weighted by molar-refractivity contribution is 8.12. The van der Waals surface area contributed by atoms with Gasteiger partial charge in [-0.05, 0) is 6.08 Å². The fourth-order valence-corrected chi connectivity index (χ4v) is 3.88. The Balaban J connectivity index is 2.40. The van der Waals surface area contributed by atoms with Gasteiger partial charge in [0.25, 0.3) is 10.1 Å². The van der Waals surface area contributed by atoms with Gasteiger partial charge in [-0.25, -0.2) is 4.79 Å². The van der Waals surface area contributed by atoms with Gasteiger partial charge in [0.15, 0.2) is 4.58 Å². The van der Waals surface area contributed by atoms with Crippen LogP contribution in [0.2, 0.25) is 0 Å². The van der Waals surface area contributed by atoms with Crippen LogP contribution in [0.15, 0.2) is 11.8 Å². The van der Waals surface area contributed by atoms with Gasteiger partial charge in [0, 0.05) is 0 Å². The highest BCUT2D eigenvalue weighted by atomic mass is 32.3. The summed E-state index contributed by atoms with van der Waals surface area (Å²) in [7, 11) is -4.35. The maximum atomic E-state index is 11.1. The van der Waals surface area contributed by atoms with Crippen LogP contribution in [0.4, 0.5) is 0 Å². The van der Waals surface area contributed by atoms with E-state index in [-0.39, 0.29) is 18.0 Å². The second-order valence-corrected chi connectivity index (χ2v) is 6.46. The number of hydrogen-bond donors (Lipinski definition) is 2. The van der Waals surface area contributed by atoms with Crippen LogP contribution in [0.1, 0.15) is 6.42 Å². The van der Waals surface area contributed by atoms with E-state index in [0.717, 1.165) is 22.7 Å². The Morgan fingerprint density at radius 1 is 1.56 bits per heavy atom. The Morgan fingerprint density at radius 2 is 2.19 bits per heavy atom. The van der Waals surface area contributed by atoms with Crippen LogP contribution in [0.5, 0.6) is 0 Å². The summed E-state index contributed by atoms with van der Waals surface area (Å²) in [4.78, 5) is 23.0. The van der Waals surface area contributed by atoms with Gasteiger partial charge in [-0.1, -0.05) is 0 Å². The number of rotatable bonds is 2. The Labute approximate surface area is 94.9 Å². The van der Waals surface area contributed by atoms with Crippen LogP contribution in [-0.4, -0.2) is 44.8 Å². The number of nitrogens with zero attached hydrogens (tertiary/aromatic N) is 1. The van der Waals surface area contributed by atoms with Crippen molar-refractivity contribution in [3.63, 3.8) is 0 Å². The molecule has 7 nitrogen and oxygen atoms in total. The van der Waals surface area contributed by atoms with Crippen LogP contribution >= 0.6 is 11.8 Å². The maximum Gasteiger partial charge on any atom is 0.352 e. The predicted molar refractivity (Wildman–Crippen MR) is 53.9 cm³/mol. The molecule has 0 saturated carbocycles. The summed E-state index contributed by atoms with van der Waals surface area (Å²) in [5.74, 6) is -1.74. The second-order valence-electron chi connectivity index (χ2n) is 3.30. The molecule has 0 radical (unpaired) electrons. The van der Waals surface area contributed by atoms with Crippen molar-refractivity contribution >= 4 is 33.8 Å². The van der Waals surface area contributed by atoms with Gasteiger partial charge in [0.05, 0.1) is 11.8 Å². The highest BCUT2D eigenvalue weighted by Crippen LogP contribution is 2.41. The lowest BCUT2D eigenvalue weighted by molar-refractivity contribution is -0.146. The lowest BCUT2D eigenvalue weighted by Crippen LogP contribution is -2.54. The van der Waals surface area contributed by atoms with Crippen LogP contribution in [-0.2, 0) is 19.7 Å². The number of hydrogen-bond acceptors (Lipinski definition) is 5. The molecule has 2 N–H and O–H groups in total.